The number of aliphatic hydroxyl groups is 1. The van der Waals surface area contributed by atoms with Gasteiger partial charge < -0.3 is 14.4 Å². The molecule has 134 valence electrons. The highest BCUT2D eigenvalue weighted by atomic mass is 16.3. The van der Waals surface area contributed by atoms with Gasteiger partial charge in [-0.3, -0.25) is 9.69 Å². The highest BCUT2D eigenvalue weighted by Crippen LogP contribution is 2.21. The van der Waals surface area contributed by atoms with Crippen LogP contribution in [0, 0.1) is 0 Å². The van der Waals surface area contributed by atoms with Crippen molar-refractivity contribution in [2.45, 2.75) is 0 Å². The number of amides is 1. The molecule has 0 saturated carbocycles. The van der Waals surface area contributed by atoms with Crippen molar-refractivity contribution < 1.29 is 9.90 Å². The van der Waals surface area contributed by atoms with Crippen LogP contribution in [0.2, 0.25) is 0 Å². The number of aliphatic hydroxyl groups excluding tert-OH is 1. The molecule has 1 saturated heterocycles. The molecule has 1 aliphatic rings. The SMILES string of the molecule is O=C(c1cccc(-c2cn3ccccc3n2)c1)N1CCN(CCO)CC1. The van der Waals surface area contributed by atoms with Crippen LogP contribution < -0.4 is 0 Å². The highest BCUT2D eigenvalue weighted by molar-refractivity contribution is 5.95. The van der Waals surface area contributed by atoms with Crippen molar-refractivity contribution in [2.24, 2.45) is 0 Å². The molecule has 1 N–H and O–H groups in total. The predicted molar refractivity (Wildman–Crippen MR) is 100 cm³/mol. The Balaban J connectivity index is 1.53. The number of piperazine rings is 1. The number of carbonyl (C=O) groups excluding carboxylic acids is 1. The number of β-amino-alcohol motifs (C(OH)–C–C–N with tert-alkyl or cyclic N) is 1. The lowest BCUT2D eigenvalue weighted by molar-refractivity contribution is 0.0615. The standard InChI is InChI=1S/C20H22N4O2/c25-13-12-22-8-10-23(11-9-22)20(26)17-5-3-4-16(14-17)18-15-24-7-2-1-6-19(24)21-18/h1-7,14-15,25H,8-13H2. The van der Waals surface area contributed by atoms with E-state index >= 15 is 0 Å². The van der Waals surface area contributed by atoms with E-state index in [9.17, 15) is 4.79 Å². The Kier molecular flexibility index (Phi) is 4.69. The maximum atomic E-state index is 12.9. The molecular weight excluding hydrogens is 328 g/mol. The number of imidazole rings is 1. The van der Waals surface area contributed by atoms with Crippen LogP contribution in [0.25, 0.3) is 16.9 Å². The summed E-state index contributed by atoms with van der Waals surface area (Å²) in [4.78, 5) is 21.5. The molecule has 1 fully saturated rings. The van der Waals surface area contributed by atoms with Crippen LogP contribution in [-0.2, 0) is 0 Å². The monoisotopic (exact) mass is 350 g/mol. The van der Waals surface area contributed by atoms with Crippen LogP contribution in [0.4, 0.5) is 0 Å². The van der Waals surface area contributed by atoms with Gasteiger partial charge >= 0.3 is 0 Å². The van der Waals surface area contributed by atoms with Gasteiger partial charge in [0.05, 0.1) is 12.3 Å². The molecule has 0 radical (unpaired) electrons. The number of aromatic nitrogens is 2. The minimum Gasteiger partial charge on any atom is -0.395 e. The quantitative estimate of drug-likeness (QED) is 0.779. The van der Waals surface area contributed by atoms with Crippen molar-refractivity contribution in [1.29, 1.82) is 0 Å². The van der Waals surface area contributed by atoms with Crippen LogP contribution in [0.1, 0.15) is 10.4 Å². The number of hydrogen-bond donors (Lipinski definition) is 1. The van der Waals surface area contributed by atoms with E-state index in [1.807, 2.05) is 64.2 Å². The Morgan fingerprint density at radius 3 is 2.69 bits per heavy atom. The molecule has 6 heteroatoms. The average Bonchev–Trinajstić information content (AvgIpc) is 3.13. The third-order valence-electron chi connectivity index (χ3n) is 4.85. The normalized spacial score (nSPS) is 15.5. The van der Waals surface area contributed by atoms with Gasteiger partial charge in [0.15, 0.2) is 0 Å². The Morgan fingerprint density at radius 2 is 1.92 bits per heavy atom. The fourth-order valence-electron chi connectivity index (χ4n) is 3.38. The topological polar surface area (TPSA) is 61.1 Å². The van der Waals surface area contributed by atoms with Gasteiger partial charge in [0.1, 0.15) is 5.65 Å². The molecule has 0 bridgehead atoms. The van der Waals surface area contributed by atoms with E-state index in [-0.39, 0.29) is 12.5 Å². The van der Waals surface area contributed by atoms with Gasteiger partial charge in [-0.1, -0.05) is 18.2 Å². The molecule has 3 aromatic rings. The summed E-state index contributed by atoms with van der Waals surface area (Å²) in [5, 5.41) is 9.03. The fraction of sp³-hybridized carbons (Fsp3) is 0.300. The third-order valence-corrected chi connectivity index (χ3v) is 4.85. The van der Waals surface area contributed by atoms with Crippen molar-refractivity contribution in [2.75, 3.05) is 39.3 Å². The molecule has 6 nitrogen and oxygen atoms in total. The highest BCUT2D eigenvalue weighted by Gasteiger charge is 2.22. The van der Waals surface area contributed by atoms with E-state index in [1.54, 1.807) is 0 Å². The zero-order valence-electron chi connectivity index (χ0n) is 14.6. The van der Waals surface area contributed by atoms with Gasteiger partial charge in [0, 0.05) is 56.2 Å². The lowest BCUT2D eigenvalue weighted by Crippen LogP contribution is -2.49. The molecule has 0 spiro atoms. The summed E-state index contributed by atoms with van der Waals surface area (Å²) in [6, 6.07) is 13.6. The van der Waals surface area contributed by atoms with Crippen LogP contribution in [0.5, 0.6) is 0 Å². The number of fused-ring (bicyclic) bond motifs is 1. The second-order valence-corrected chi connectivity index (χ2v) is 6.53. The maximum Gasteiger partial charge on any atom is 0.253 e. The molecule has 1 aliphatic heterocycles. The van der Waals surface area contributed by atoms with E-state index in [2.05, 4.69) is 9.88 Å². The van der Waals surface area contributed by atoms with Crippen molar-refractivity contribution in [1.82, 2.24) is 19.2 Å². The Labute approximate surface area is 152 Å². The van der Waals surface area contributed by atoms with Gasteiger partial charge in [-0.15, -0.1) is 0 Å². The number of pyridine rings is 1. The molecule has 26 heavy (non-hydrogen) atoms. The molecule has 0 unspecified atom stereocenters. The molecular formula is C20H22N4O2. The summed E-state index contributed by atoms with van der Waals surface area (Å²) in [5.41, 5.74) is 3.38. The minimum absolute atomic E-state index is 0.0549. The number of rotatable bonds is 4. The molecule has 1 amide bonds. The molecule has 0 atom stereocenters. The van der Waals surface area contributed by atoms with E-state index in [4.69, 9.17) is 5.11 Å². The predicted octanol–water partition coefficient (Wildman–Crippen LogP) is 1.75. The Hall–Kier alpha value is -2.70. The number of carbonyl (C=O) groups is 1. The average molecular weight is 350 g/mol. The fourth-order valence-corrected chi connectivity index (χ4v) is 3.38. The van der Waals surface area contributed by atoms with Crippen molar-refractivity contribution >= 4 is 11.6 Å². The van der Waals surface area contributed by atoms with Crippen molar-refractivity contribution in [3.8, 4) is 11.3 Å². The number of benzene rings is 1. The first-order valence-corrected chi connectivity index (χ1v) is 8.91. The van der Waals surface area contributed by atoms with Crippen LogP contribution in [0.15, 0.2) is 54.9 Å². The van der Waals surface area contributed by atoms with Gasteiger partial charge in [-0.25, -0.2) is 4.98 Å². The summed E-state index contributed by atoms with van der Waals surface area (Å²) >= 11 is 0. The first-order chi connectivity index (χ1) is 12.7. The number of nitrogens with zero attached hydrogens (tertiary/aromatic N) is 4. The van der Waals surface area contributed by atoms with Crippen LogP contribution in [0.3, 0.4) is 0 Å². The molecule has 0 aliphatic carbocycles. The summed E-state index contributed by atoms with van der Waals surface area (Å²) in [5.74, 6) is 0.0549. The summed E-state index contributed by atoms with van der Waals surface area (Å²) in [7, 11) is 0. The zero-order chi connectivity index (χ0) is 17.9. The zero-order valence-corrected chi connectivity index (χ0v) is 14.6. The maximum absolute atomic E-state index is 12.9. The Bertz CT molecular complexity index is 880. The lowest BCUT2D eigenvalue weighted by atomic mass is 10.1. The first kappa shape index (κ1) is 16.8. The largest absolute Gasteiger partial charge is 0.395 e. The number of hydrogen-bond acceptors (Lipinski definition) is 4. The molecule has 4 rings (SSSR count). The summed E-state index contributed by atoms with van der Waals surface area (Å²) in [6.45, 7) is 3.83. The second-order valence-electron chi connectivity index (χ2n) is 6.53. The van der Waals surface area contributed by atoms with E-state index in [1.165, 1.54) is 0 Å². The van der Waals surface area contributed by atoms with Gasteiger partial charge in [0.25, 0.3) is 5.91 Å². The van der Waals surface area contributed by atoms with Crippen LogP contribution in [-0.4, -0.2) is 69.5 Å². The summed E-state index contributed by atoms with van der Waals surface area (Å²) < 4.78 is 1.98. The van der Waals surface area contributed by atoms with Gasteiger partial charge in [-0.2, -0.15) is 0 Å². The van der Waals surface area contributed by atoms with Gasteiger partial charge in [0.2, 0.25) is 0 Å². The first-order valence-electron chi connectivity index (χ1n) is 8.91. The smallest absolute Gasteiger partial charge is 0.253 e. The molecule has 1 aromatic carbocycles. The minimum atomic E-state index is 0.0549. The molecule has 3 heterocycles. The third kappa shape index (κ3) is 3.34. The Morgan fingerprint density at radius 1 is 1.08 bits per heavy atom. The van der Waals surface area contributed by atoms with E-state index in [0.717, 1.165) is 30.0 Å². The van der Waals surface area contributed by atoms with Crippen molar-refractivity contribution in [3.63, 3.8) is 0 Å². The molecule has 2 aromatic heterocycles. The van der Waals surface area contributed by atoms with Crippen molar-refractivity contribution in [3.05, 3.63) is 60.4 Å². The summed E-state index contributed by atoms with van der Waals surface area (Å²) in [6.07, 6.45) is 3.94. The van der Waals surface area contributed by atoms with E-state index in [0.29, 0.717) is 25.2 Å². The lowest BCUT2D eigenvalue weighted by Gasteiger charge is -2.34. The van der Waals surface area contributed by atoms with E-state index < -0.39 is 0 Å². The van der Waals surface area contributed by atoms with Gasteiger partial charge in [-0.05, 0) is 24.3 Å². The van der Waals surface area contributed by atoms with Crippen LogP contribution >= 0.6 is 0 Å². The second kappa shape index (κ2) is 7.27.